The topological polar surface area (TPSA) is 91.0 Å². The van der Waals surface area contributed by atoms with Crippen LogP contribution in [-0.4, -0.2) is 33.4 Å². The zero-order valence-electron chi connectivity index (χ0n) is 24.5. The smallest absolute Gasteiger partial charge is 0.253 e. The standard InChI is InChI=1S/C32H43N5O2/c1-8-37(26-11-9-24(10-12-26)19(2)3)30-15-25(29-18-33-22(6)16-34-29)14-27(23(30)7)31(38)35-17-28-20(4)13-21(5)36-32(28)39/h13-16,18-19,24,26H,8-12,17H2,1-7H3,(H,35,38)(H,36,39)/t24-,26-. The number of pyridine rings is 1. The number of aryl methyl sites for hydroxylation is 3. The Morgan fingerprint density at radius 2 is 1.77 bits per heavy atom. The van der Waals surface area contributed by atoms with Crippen LogP contribution in [0.1, 0.15) is 84.9 Å². The maximum absolute atomic E-state index is 13.6. The van der Waals surface area contributed by atoms with Crippen molar-refractivity contribution in [2.24, 2.45) is 11.8 Å². The van der Waals surface area contributed by atoms with Gasteiger partial charge in [-0.1, -0.05) is 13.8 Å². The lowest BCUT2D eigenvalue weighted by atomic mass is 9.79. The fourth-order valence-corrected chi connectivity index (χ4v) is 5.99. The average molecular weight is 530 g/mol. The van der Waals surface area contributed by atoms with Crippen LogP contribution < -0.4 is 15.8 Å². The molecule has 2 N–H and O–H groups in total. The summed E-state index contributed by atoms with van der Waals surface area (Å²) in [6.45, 7) is 15.6. The van der Waals surface area contributed by atoms with Gasteiger partial charge in [0.25, 0.3) is 11.5 Å². The van der Waals surface area contributed by atoms with Gasteiger partial charge >= 0.3 is 0 Å². The van der Waals surface area contributed by atoms with Gasteiger partial charge in [0.2, 0.25) is 0 Å². The third kappa shape index (κ3) is 6.40. The van der Waals surface area contributed by atoms with Crippen molar-refractivity contribution in [1.82, 2.24) is 20.3 Å². The van der Waals surface area contributed by atoms with E-state index in [-0.39, 0.29) is 18.0 Å². The molecule has 3 aromatic rings. The van der Waals surface area contributed by atoms with Crippen molar-refractivity contribution in [3.63, 3.8) is 0 Å². The molecule has 0 bridgehead atoms. The highest BCUT2D eigenvalue weighted by atomic mass is 16.1. The number of nitrogens with zero attached hydrogens (tertiary/aromatic N) is 3. The van der Waals surface area contributed by atoms with Gasteiger partial charge in [-0.3, -0.25) is 19.6 Å². The van der Waals surface area contributed by atoms with Crippen molar-refractivity contribution in [2.75, 3.05) is 11.4 Å². The molecule has 39 heavy (non-hydrogen) atoms. The van der Waals surface area contributed by atoms with Gasteiger partial charge < -0.3 is 15.2 Å². The highest BCUT2D eigenvalue weighted by Gasteiger charge is 2.29. The summed E-state index contributed by atoms with van der Waals surface area (Å²) in [5.41, 5.74) is 7.15. The molecule has 7 nitrogen and oxygen atoms in total. The third-order valence-electron chi connectivity index (χ3n) is 8.40. The summed E-state index contributed by atoms with van der Waals surface area (Å²) in [6, 6.07) is 6.44. The van der Waals surface area contributed by atoms with E-state index in [4.69, 9.17) is 0 Å². The van der Waals surface area contributed by atoms with E-state index in [2.05, 4.69) is 52.0 Å². The third-order valence-corrected chi connectivity index (χ3v) is 8.40. The number of aromatic amines is 1. The van der Waals surface area contributed by atoms with Crippen LogP contribution in [0, 0.1) is 39.5 Å². The number of benzene rings is 1. The minimum absolute atomic E-state index is 0.164. The van der Waals surface area contributed by atoms with Crippen LogP contribution in [0.2, 0.25) is 0 Å². The summed E-state index contributed by atoms with van der Waals surface area (Å²) in [5, 5.41) is 3.01. The molecule has 208 valence electrons. The lowest BCUT2D eigenvalue weighted by Gasteiger charge is -2.40. The molecule has 2 aromatic heterocycles. The van der Waals surface area contributed by atoms with E-state index in [9.17, 15) is 9.59 Å². The van der Waals surface area contributed by atoms with Gasteiger partial charge in [0.15, 0.2) is 0 Å². The maximum atomic E-state index is 13.6. The van der Waals surface area contributed by atoms with Crippen molar-refractivity contribution >= 4 is 11.6 Å². The van der Waals surface area contributed by atoms with Crippen LogP contribution in [0.5, 0.6) is 0 Å². The van der Waals surface area contributed by atoms with Crippen LogP contribution in [0.3, 0.4) is 0 Å². The summed E-state index contributed by atoms with van der Waals surface area (Å²) in [4.78, 5) is 40.6. The predicted molar refractivity (Wildman–Crippen MR) is 158 cm³/mol. The number of carbonyl (C=O) groups excluding carboxylic acids is 1. The molecule has 1 saturated carbocycles. The van der Waals surface area contributed by atoms with Gasteiger partial charge in [0, 0.05) is 53.4 Å². The van der Waals surface area contributed by atoms with Crippen LogP contribution in [0.4, 0.5) is 5.69 Å². The first kappa shape index (κ1) is 28.5. The second-order valence-electron chi connectivity index (χ2n) is 11.4. The SMILES string of the molecule is CCN(c1cc(-c2cnc(C)cn2)cc(C(=O)NCc2c(C)cc(C)[nH]c2=O)c1C)[C@H]1CC[C@H](C(C)C)CC1. The minimum atomic E-state index is -0.199. The highest BCUT2D eigenvalue weighted by molar-refractivity contribution is 5.98. The number of amides is 1. The molecule has 1 amide bonds. The first-order valence-corrected chi connectivity index (χ1v) is 14.3. The lowest BCUT2D eigenvalue weighted by Crippen LogP contribution is -2.39. The second kappa shape index (κ2) is 12.1. The van der Waals surface area contributed by atoms with Gasteiger partial charge in [-0.15, -0.1) is 0 Å². The number of carbonyl (C=O) groups is 1. The van der Waals surface area contributed by atoms with Crippen LogP contribution in [-0.2, 0) is 6.54 Å². The Morgan fingerprint density at radius 1 is 1.05 bits per heavy atom. The number of anilines is 1. The molecule has 0 spiro atoms. The minimum Gasteiger partial charge on any atom is -0.369 e. The molecular weight excluding hydrogens is 486 g/mol. The average Bonchev–Trinajstić information content (AvgIpc) is 2.90. The summed E-state index contributed by atoms with van der Waals surface area (Å²) in [5.74, 6) is 1.30. The summed E-state index contributed by atoms with van der Waals surface area (Å²) in [6.07, 6.45) is 8.30. The zero-order chi connectivity index (χ0) is 28.3. The maximum Gasteiger partial charge on any atom is 0.253 e. The largest absolute Gasteiger partial charge is 0.369 e. The molecule has 1 aliphatic rings. The normalized spacial score (nSPS) is 17.3. The quantitative estimate of drug-likeness (QED) is 0.371. The van der Waals surface area contributed by atoms with Crippen LogP contribution in [0.25, 0.3) is 11.3 Å². The van der Waals surface area contributed by atoms with Crippen molar-refractivity contribution in [1.29, 1.82) is 0 Å². The highest BCUT2D eigenvalue weighted by Crippen LogP contribution is 2.37. The van der Waals surface area contributed by atoms with E-state index in [1.807, 2.05) is 39.8 Å². The fourth-order valence-electron chi connectivity index (χ4n) is 5.99. The number of nitrogens with one attached hydrogen (secondary N) is 2. The number of rotatable bonds is 8. The molecular formula is C32H43N5O2. The molecule has 0 aliphatic heterocycles. The second-order valence-corrected chi connectivity index (χ2v) is 11.4. The summed E-state index contributed by atoms with van der Waals surface area (Å²) in [7, 11) is 0. The van der Waals surface area contributed by atoms with E-state index in [1.165, 1.54) is 12.8 Å². The van der Waals surface area contributed by atoms with Gasteiger partial charge in [-0.2, -0.15) is 0 Å². The Kier molecular flexibility index (Phi) is 8.88. The van der Waals surface area contributed by atoms with Gasteiger partial charge in [0.05, 0.1) is 17.6 Å². The van der Waals surface area contributed by atoms with Gasteiger partial charge in [-0.05, 0) is 101 Å². The zero-order valence-corrected chi connectivity index (χ0v) is 24.5. The van der Waals surface area contributed by atoms with Crippen molar-refractivity contribution in [3.05, 3.63) is 74.6 Å². The fraction of sp³-hybridized carbons (Fsp3) is 0.500. The molecule has 4 rings (SSSR count). The lowest BCUT2D eigenvalue weighted by molar-refractivity contribution is 0.0950. The molecule has 0 atom stereocenters. The van der Waals surface area contributed by atoms with E-state index in [1.54, 1.807) is 12.4 Å². The number of hydrogen-bond acceptors (Lipinski definition) is 5. The van der Waals surface area contributed by atoms with E-state index in [0.717, 1.165) is 64.8 Å². The molecule has 0 saturated heterocycles. The van der Waals surface area contributed by atoms with E-state index < -0.39 is 0 Å². The van der Waals surface area contributed by atoms with Crippen molar-refractivity contribution in [2.45, 2.75) is 86.7 Å². The first-order chi connectivity index (χ1) is 18.6. The molecule has 0 radical (unpaired) electrons. The number of hydrogen-bond donors (Lipinski definition) is 2. The molecule has 1 aromatic carbocycles. The monoisotopic (exact) mass is 529 g/mol. The molecule has 7 heteroatoms. The molecule has 2 heterocycles. The molecule has 1 fully saturated rings. The van der Waals surface area contributed by atoms with Crippen LogP contribution >= 0.6 is 0 Å². The van der Waals surface area contributed by atoms with E-state index in [0.29, 0.717) is 23.1 Å². The Labute approximate surface area is 232 Å². The number of aromatic nitrogens is 3. The van der Waals surface area contributed by atoms with Crippen molar-refractivity contribution in [3.8, 4) is 11.3 Å². The summed E-state index contributed by atoms with van der Waals surface area (Å²) < 4.78 is 0. The Balaban J connectivity index is 1.70. The Bertz CT molecular complexity index is 1370. The molecule has 1 aliphatic carbocycles. The molecule has 0 unspecified atom stereocenters. The number of H-pyrrole nitrogens is 1. The van der Waals surface area contributed by atoms with Crippen LogP contribution in [0.15, 0.2) is 35.4 Å². The Hall–Kier alpha value is -3.48. The van der Waals surface area contributed by atoms with E-state index >= 15 is 0 Å². The predicted octanol–water partition coefficient (Wildman–Crippen LogP) is 6.04. The summed E-state index contributed by atoms with van der Waals surface area (Å²) >= 11 is 0. The van der Waals surface area contributed by atoms with Gasteiger partial charge in [-0.25, -0.2) is 0 Å². The van der Waals surface area contributed by atoms with Crippen molar-refractivity contribution < 1.29 is 4.79 Å². The first-order valence-electron chi connectivity index (χ1n) is 14.3. The Morgan fingerprint density at radius 3 is 2.36 bits per heavy atom. The van der Waals surface area contributed by atoms with Gasteiger partial charge in [0.1, 0.15) is 0 Å².